The van der Waals surface area contributed by atoms with E-state index in [0.717, 1.165) is 18.4 Å². The van der Waals surface area contributed by atoms with E-state index in [2.05, 4.69) is 19.0 Å². The van der Waals surface area contributed by atoms with E-state index >= 15 is 0 Å². The molecule has 0 radical (unpaired) electrons. The molecule has 13 heavy (non-hydrogen) atoms. The number of fused-ring (bicyclic) bond motifs is 1. The average molecular weight is 181 g/mol. The Morgan fingerprint density at radius 1 is 1.62 bits per heavy atom. The molecule has 3 saturated carbocycles. The lowest BCUT2D eigenvalue weighted by Crippen LogP contribution is -2.39. The van der Waals surface area contributed by atoms with Crippen molar-refractivity contribution >= 4 is 12.0 Å². The van der Waals surface area contributed by atoms with E-state index in [9.17, 15) is 4.79 Å². The van der Waals surface area contributed by atoms with Crippen molar-refractivity contribution in [3.8, 4) is 0 Å². The first-order valence-corrected chi connectivity index (χ1v) is 4.69. The molecule has 0 saturated heterocycles. The summed E-state index contributed by atoms with van der Waals surface area (Å²) in [5.74, 6) is 0.969. The molecule has 3 aliphatic rings. The van der Waals surface area contributed by atoms with Crippen LogP contribution in [0, 0.1) is 23.2 Å². The topological polar surface area (TPSA) is 38.7 Å². The normalized spacial score (nSPS) is 43.0. The Bertz CT molecular complexity index is 270. The zero-order chi connectivity index (χ0) is 9.64. The van der Waals surface area contributed by atoms with Gasteiger partial charge >= 0.3 is 0 Å². The van der Waals surface area contributed by atoms with E-state index in [1.54, 1.807) is 0 Å². The third-order valence-corrected chi connectivity index (χ3v) is 3.82. The van der Waals surface area contributed by atoms with Gasteiger partial charge in [-0.1, -0.05) is 19.0 Å². The van der Waals surface area contributed by atoms with Gasteiger partial charge in [0.1, 0.15) is 13.4 Å². The Labute approximate surface area is 78.1 Å². The van der Waals surface area contributed by atoms with Crippen LogP contribution in [0.25, 0.3) is 0 Å². The standard InChI is InChI=1S/C10H15NO2/c1-10(2)7-4-8(10)9(11-13-3)6(7)5-12/h5-8H,4H2,1-3H3. The van der Waals surface area contributed by atoms with Crippen LogP contribution in [0.2, 0.25) is 0 Å². The van der Waals surface area contributed by atoms with E-state index in [1.807, 2.05) is 0 Å². The highest BCUT2D eigenvalue weighted by Gasteiger charge is 2.62. The molecule has 0 amide bonds. The zero-order valence-corrected chi connectivity index (χ0v) is 8.28. The predicted octanol–water partition coefficient (Wildman–Crippen LogP) is 1.48. The molecule has 3 atom stereocenters. The van der Waals surface area contributed by atoms with Gasteiger partial charge in [0.15, 0.2) is 0 Å². The molecule has 3 nitrogen and oxygen atoms in total. The van der Waals surface area contributed by atoms with Crippen molar-refractivity contribution in [2.24, 2.45) is 28.3 Å². The van der Waals surface area contributed by atoms with Gasteiger partial charge in [-0.2, -0.15) is 0 Å². The Morgan fingerprint density at radius 2 is 2.31 bits per heavy atom. The summed E-state index contributed by atoms with van der Waals surface area (Å²) in [5.41, 5.74) is 1.22. The van der Waals surface area contributed by atoms with E-state index in [4.69, 9.17) is 4.84 Å². The van der Waals surface area contributed by atoms with Gasteiger partial charge < -0.3 is 9.63 Å². The molecule has 2 bridgehead atoms. The minimum Gasteiger partial charge on any atom is -0.399 e. The van der Waals surface area contributed by atoms with Gasteiger partial charge in [-0.05, 0) is 17.8 Å². The second-order valence-corrected chi connectivity index (χ2v) is 4.58. The van der Waals surface area contributed by atoms with Crippen molar-refractivity contribution in [1.29, 1.82) is 0 Å². The van der Waals surface area contributed by atoms with E-state index in [-0.39, 0.29) is 11.3 Å². The molecule has 0 aromatic heterocycles. The number of carbonyl (C=O) groups is 1. The molecule has 0 N–H and O–H groups in total. The third kappa shape index (κ3) is 0.901. The molecule has 3 fully saturated rings. The van der Waals surface area contributed by atoms with Crippen molar-refractivity contribution < 1.29 is 9.63 Å². The lowest BCUT2D eigenvalue weighted by atomic mass is 9.60. The Morgan fingerprint density at radius 3 is 2.77 bits per heavy atom. The van der Waals surface area contributed by atoms with Crippen molar-refractivity contribution in [3.05, 3.63) is 0 Å². The quantitative estimate of drug-likeness (QED) is 0.478. The van der Waals surface area contributed by atoms with Crippen LogP contribution in [0.4, 0.5) is 0 Å². The van der Waals surface area contributed by atoms with Crippen LogP contribution in [0.5, 0.6) is 0 Å². The maximum atomic E-state index is 10.9. The van der Waals surface area contributed by atoms with Gasteiger partial charge in [0, 0.05) is 5.92 Å². The summed E-state index contributed by atoms with van der Waals surface area (Å²) in [4.78, 5) is 15.7. The minimum absolute atomic E-state index is 0.0138. The first-order chi connectivity index (χ1) is 6.12. The number of hydrogen-bond acceptors (Lipinski definition) is 3. The van der Waals surface area contributed by atoms with Gasteiger partial charge in [-0.15, -0.1) is 0 Å². The van der Waals surface area contributed by atoms with Crippen LogP contribution in [0.15, 0.2) is 5.16 Å². The summed E-state index contributed by atoms with van der Waals surface area (Å²) in [7, 11) is 1.54. The highest BCUT2D eigenvalue weighted by atomic mass is 16.6. The fourth-order valence-electron chi connectivity index (χ4n) is 2.90. The first-order valence-electron chi connectivity index (χ1n) is 4.69. The summed E-state index contributed by atoms with van der Waals surface area (Å²) >= 11 is 0. The lowest BCUT2D eigenvalue weighted by Gasteiger charge is -2.43. The van der Waals surface area contributed by atoms with Crippen LogP contribution in [-0.2, 0) is 9.63 Å². The highest BCUT2D eigenvalue weighted by molar-refractivity contribution is 6.03. The molecule has 3 rings (SSSR count). The third-order valence-electron chi connectivity index (χ3n) is 3.82. The molecule has 0 heterocycles. The maximum absolute atomic E-state index is 10.9. The number of carbonyl (C=O) groups excluding carboxylic acids is 1. The molecule has 0 aliphatic heterocycles. The zero-order valence-electron chi connectivity index (χ0n) is 8.28. The highest BCUT2D eigenvalue weighted by Crippen LogP contribution is 2.62. The number of nitrogens with zero attached hydrogens (tertiary/aromatic N) is 1. The fourth-order valence-corrected chi connectivity index (χ4v) is 2.90. The van der Waals surface area contributed by atoms with Gasteiger partial charge in [-0.25, -0.2) is 0 Å². The van der Waals surface area contributed by atoms with Crippen LogP contribution >= 0.6 is 0 Å². The van der Waals surface area contributed by atoms with Crippen molar-refractivity contribution in [3.63, 3.8) is 0 Å². The largest absolute Gasteiger partial charge is 0.399 e. The molecule has 0 aromatic carbocycles. The van der Waals surface area contributed by atoms with Crippen LogP contribution < -0.4 is 0 Å². The van der Waals surface area contributed by atoms with Crippen LogP contribution in [0.1, 0.15) is 20.3 Å². The molecule has 3 unspecified atom stereocenters. The number of aldehydes is 1. The summed E-state index contributed by atoms with van der Waals surface area (Å²) in [6.07, 6.45) is 2.13. The predicted molar refractivity (Wildman–Crippen MR) is 49.4 cm³/mol. The summed E-state index contributed by atoms with van der Waals surface area (Å²) in [5, 5.41) is 3.98. The molecule has 0 spiro atoms. The summed E-state index contributed by atoms with van der Waals surface area (Å²) < 4.78 is 0. The maximum Gasteiger partial charge on any atom is 0.129 e. The molecule has 72 valence electrons. The molecular weight excluding hydrogens is 166 g/mol. The molecule has 3 aliphatic carbocycles. The number of rotatable bonds is 2. The van der Waals surface area contributed by atoms with Crippen molar-refractivity contribution in [1.82, 2.24) is 0 Å². The van der Waals surface area contributed by atoms with Gasteiger partial charge in [-0.3, -0.25) is 0 Å². The minimum atomic E-state index is 0.0138. The fraction of sp³-hybridized carbons (Fsp3) is 0.800. The SMILES string of the molecule is CON=C1C(C=O)C2CC1C2(C)C. The van der Waals surface area contributed by atoms with E-state index in [0.29, 0.717) is 11.8 Å². The van der Waals surface area contributed by atoms with E-state index in [1.165, 1.54) is 7.11 Å². The van der Waals surface area contributed by atoms with E-state index < -0.39 is 0 Å². The Balaban J connectivity index is 2.31. The van der Waals surface area contributed by atoms with Crippen LogP contribution in [-0.4, -0.2) is 19.1 Å². The van der Waals surface area contributed by atoms with Crippen molar-refractivity contribution in [2.45, 2.75) is 20.3 Å². The monoisotopic (exact) mass is 181 g/mol. The summed E-state index contributed by atoms with van der Waals surface area (Å²) in [6.45, 7) is 4.42. The van der Waals surface area contributed by atoms with Gasteiger partial charge in [0.2, 0.25) is 0 Å². The second kappa shape index (κ2) is 2.56. The molecule has 0 aromatic rings. The average Bonchev–Trinajstić information content (AvgIpc) is 2.55. The first kappa shape index (κ1) is 8.73. The second-order valence-electron chi connectivity index (χ2n) is 4.58. The Kier molecular flexibility index (Phi) is 1.72. The van der Waals surface area contributed by atoms with Gasteiger partial charge in [0.25, 0.3) is 0 Å². The Hall–Kier alpha value is -0.860. The number of hydrogen-bond donors (Lipinski definition) is 0. The molecular formula is C10H15NO2. The number of oxime groups is 1. The van der Waals surface area contributed by atoms with Gasteiger partial charge in [0.05, 0.1) is 11.6 Å². The molecule has 3 heteroatoms. The van der Waals surface area contributed by atoms with Crippen LogP contribution in [0.3, 0.4) is 0 Å². The lowest BCUT2D eigenvalue weighted by molar-refractivity contribution is -0.112. The van der Waals surface area contributed by atoms with Crippen molar-refractivity contribution in [2.75, 3.05) is 7.11 Å². The summed E-state index contributed by atoms with van der Waals surface area (Å²) in [6, 6.07) is 0. The smallest absolute Gasteiger partial charge is 0.129 e.